The van der Waals surface area contributed by atoms with E-state index >= 15 is 0 Å². The Morgan fingerprint density at radius 1 is 1.25 bits per heavy atom. The van der Waals surface area contributed by atoms with Crippen molar-refractivity contribution in [2.24, 2.45) is 0 Å². The number of hydrogen-bond donors (Lipinski definition) is 0. The average Bonchev–Trinajstić information content (AvgIpc) is 2.80. The molecule has 2 aromatic rings. The van der Waals surface area contributed by atoms with E-state index in [2.05, 4.69) is 43.8 Å². The summed E-state index contributed by atoms with van der Waals surface area (Å²) in [4.78, 5) is 7.25. The normalized spacial score (nSPS) is 10.4. The third kappa shape index (κ3) is 2.76. The maximum atomic E-state index is 4.67. The quantitative estimate of drug-likeness (QED) is 0.761. The van der Waals surface area contributed by atoms with Gasteiger partial charge in [-0.2, -0.15) is 4.98 Å². The van der Waals surface area contributed by atoms with Crippen molar-refractivity contribution >= 4 is 17.4 Å². The van der Waals surface area contributed by atoms with Gasteiger partial charge >= 0.3 is 0 Å². The monoisotopic (exact) mass is 235 g/mol. The molecule has 0 aliphatic carbocycles. The minimum absolute atomic E-state index is 0.724. The maximum Gasteiger partial charge on any atom is 0.213 e. The summed E-state index contributed by atoms with van der Waals surface area (Å²) in [7, 11) is 4.06. The molecule has 0 radical (unpaired) electrons. The third-order valence-corrected chi connectivity index (χ3v) is 3.14. The Balaban J connectivity index is 1.95. The molecule has 1 aromatic carbocycles. The Labute approximate surface area is 98.7 Å². The highest BCUT2D eigenvalue weighted by molar-refractivity contribution is 7.98. The molecule has 0 unspecified atom stereocenters. The van der Waals surface area contributed by atoms with Gasteiger partial charge in [-0.25, -0.2) is 0 Å². The fourth-order valence-corrected chi connectivity index (χ4v) is 2.00. The van der Waals surface area contributed by atoms with Gasteiger partial charge in [0, 0.05) is 24.7 Å². The Morgan fingerprint density at radius 3 is 2.56 bits per heavy atom. The number of anilines is 1. The van der Waals surface area contributed by atoms with Crippen LogP contribution >= 0.6 is 11.8 Å². The molecule has 1 heterocycles. The van der Waals surface area contributed by atoms with Crippen LogP contribution in [-0.2, 0) is 5.75 Å². The highest BCUT2D eigenvalue weighted by Crippen LogP contribution is 2.23. The highest BCUT2D eigenvalue weighted by atomic mass is 32.2. The number of thioether (sulfide) groups is 1. The summed E-state index contributed by atoms with van der Waals surface area (Å²) < 4.78 is 4.67. The molecule has 0 bridgehead atoms. The van der Waals surface area contributed by atoms with Crippen molar-refractivity contribution in [1.82, 2.24) is 10.1 Å². The Kier molecular flexibility index (Phi) is 3.46. The van der Waals surface area contributed by atoms with Crippen LogP contribution in [0.1, 0.15) is 5.82 Å². The molecule has 1 aromatic heterocycles. The minimum atomic E-state index is 0.724. The zero-order valence-electron chi connectivity index (χ0n) is 9.25. The van der Waals surface area contributed by atoms with Crippen molar-refractivity contribution in [2.75, 3.05) is 19.0 Å². The lowest BCUT2D eigenvalue weighted by molar-refractivity contribution is 0.412. The fraction of sp³-hybridized carbons (Fsp3) is 0.273. The van der Waals surface area contributed by atoms with Gasteiger partial charge in [-0.15, -0.1) is 11.8 Å². The summed E-state index contributed by atoms with van der Waals surface area (Å²) in [6.07, 6.45) is 1.35. The van der Waals surface area contributed by atoms with Gasteiger partial charge in [0.25, 0.3) is 0 Å². The van der Waals surface area contributed by atoms with Crippen molar-refractivity contribution in [3.8, 4) is 0 Å². The summed E-state index contributed by atoms with van der Waals surface area (Å²) in [5.74, 6) is 1.46. The van der Waals surface area contributed by atoms with Gasteiger partial charge in [0.1, 0.15) is 0 Å². The zero-order valence-corrected chi connectivity index (χ0v) is 10.1. The molecular formula is C11H13N3OS. The number of nitrogens with zero attached hydrogens (tertiary/aromatic N) is 3. The van der Waals surface area contributed by atoms with Crippen molar-refractivity contribution in [1.29, 1.82) is 0 Å². The van der Waals surface area contributed by atoms with Crippen LogP contribution in [0.2, 0.25) is 0 Å². The van der Waals surface area contributed by atoms with E-state index in [1.165, 1.54) is 17.0 Å². The Bertz CT molecular complexity index is 425. The lowest BCUT2D eigenvalue weighted by atomic mass is 10.3. The first-order chi connectivity index (χ1) is 7.75. The van der Waals surface area contributed by atoms with E-state index in [9.17, 15) is 0 Å². The lowest BCUT2D eigenvalue weighted by Gasteiger charge is -2.12. The topological polar surface area (TPSA) is 42.2 Å². The van der Waals surface area contributed by atoms with Crippen LogP contribution in [0.15, 0.2) is 40.1 Å². The lowest BCUT2D eigenvalue weighted by Crippen LogP contribution is -2.07. The average molecular weight is 235 g/mol. The smallest absolute Gasteiger partial charge is 0.213 e. The molecule has 0 saturated carbocycles. The fourth-order valence-electron chi connectivity index (χ4n) is 1.24. The maximum absolute atomic E-state index is 4.67. The Morgan fingerprint density at radius 2 is 2.00 bits per heavy atom. The van der Waals surface area contributed by atoms with Crippen LogP contribution in [0.5, 0.6) is 0 Å². The van der Waals surface area contributed by atoms with Gasteiger partial charge in [-0.1, -0.05) is 5.16 Å². The second kappa shape index (κ2) is 5.03. The van der Waals surface area contributed by atoms with E-state index in [-0.39, 0.29) is 0 Å². The number of benzene rings is 1. The predicted molar refractivity (Wildman–Crippen MR) is 64.6 cm³/mol. The summed E-state index contributed by atoms with van der Waals surface area (Å²) in [5.41, 5.74) is 1.20. The van der Waals surface area contributed by atoms with Crippen LogP contribution in [0, 0.1) is 0 Å². The summed E-state index contributed by atoms with van der Waals surface area (Å²) >= 11 is 1.70. The number of rotatable bonds is 4. The first-order valence-electron chi connectivity index (χ1n) is 4.91. The van der Waals surface area contributed by atoms with Crippen LogP contribution in [0.4, 0.5) is 5.69 Å². The number of aromatic nitrogens is 2. The summed E-state index contributed by atoms with van der Waals surface area (Å²) in [6.45, 7) is 0. The second-order valence-corrected chi connectivity index (χ2v) is 4.57. The largest absolute Gasteiger partial charge is 0.378 e. The SMILES string of the molecule is CN(C)c1ccc(SCc2ncon2)cc1. The molecule has 0 amide bonds. The van der Waals surface area contributed by atoms with E-state index in [0.717, 1.165) is 11.6 Å². The van der Waals surface area contributed by atoms with Crippen LogP contribution in [0.25, 0.3) is 0 Å². The molecule has 0 saturated heterocycles. The molecule has 16 heavy (non-hydrogen) atoms. The van der Waals surface area contributed by atoms with Crippen LogP contribution < -0.4 is 4.90 Å². The highest BCUT2D eigenvalue weighted by Gasteiger charge is 2.01. The molecule has 0 fully saturated rings. The van der Waals surface area contributed by atoms with E-state index in [0.29, 0.717) is 0 Å². The summed E-state index contributed by atoms with van der Waals surface area (Å²) in [6, 6.07) is 8.39. The van der Waals surface area contributed by atoms with Gasteiger partial charge in [0.15, 0.2) is 5.82 Å². The molecule has 84 valence electrons. The van der Waals surface area contributed by atoms with Crippen molar-refractivity contribution < 1.29 is 4.52 Å². The van der Waals surface area contributed by atoms with Gasteiger partial charge in [0.05, 0.1) is 5.75 Å². The summed E-state index contributed by atoms with van der Waals surface area (Å²) in [5, 5.41) is 3.76. The van der Waals surface area contributed by atoms with Gasteiger partial charge in [0.2, 0.25) is 6.39 Å². The van der Waals surface area contributed by atoms with E-state index < -0.39 is 0 Å². The third-order valence-electron chi connectivity index (χ3n) is 2.13. The van der Waals surface area contributed by atoms with E-state index in [1.807, 2.05) is 14.1 Å². The van der Waals surface area contributed by atoms with Crippen molar-refractivity contribution in [3.63, 3.8) is 0 Å². The standard InChI is InChI=1S/C11H13N3OS/c1-14(2)9-3-5-10(6-4-9)16-7-11-12-8-15-13-11/h3-6,8H,7H2,1-2H3. The van der Waals surface area contributed by atoms with Crippen LogP contribution in [-0.4, -0.2) is 24.2 Å². The van der Waals surface area contributed by atoms with Gasteiger partial charge in [-0.3, -0.25) is 0 Å². The van der Waals surface area contributed by atoms with Crippen LogP contribution in [0.3, 0.4) is 0 Å². The number of hydrogen-bond acceptors (Lipinski definition) is 5. The molecule has 4 nitrogen and oxygen atoms in total. The first-order valence-corrected chi connectivity index (χ1v) is 5.90. The molecule has 0 atom stereocenters. The van der Waals surface area contributed by atoms with Gasteiger partial charge < -0.3 is 9.42 Å². The second-order valence-electron chi connectivity index (χ2n) is 3.52. The van der Waals surface area contributed by atoms with Gasteiger partial charge in [-0.05, 0) is 24.3 Å². The van der Waals surface area contributed by atoms with Crippen molar-refractivity contribution in [3.05, 3.63) is 36.5 Å². The van der Waals surface area contributed by atoms with Crippen molar-refractivity contribution in [2.45, 2.75) is 10.6 Å². The molecule has 0 N–H and O–H groups in total. The first kappa shape index (κ1) is 11.0. The molecule has 0 aliphatic heterocycles. The predicted octanol–water partition coefficient (Wildman–Crippen LogP) is 2.43. The molecule has 5 heteroatoms. The molecule has 0 aliphatic rings. The zero-order chi connectivity index (χ0) is 11.4. The molecular weight excluding hydrogens is 222 g/mol. The Hall–Kier alpha value is -1.49. The molecule has 0 spiro atoms. The van der Waals surface area contributed by atoms with E-state index in [4.69, 9.17) is 0 Å². The molecule has 2 rings (SSSR count). The van der Waals surface area contributed by atoms with E-state index in [1.54, 1.807) is 11.8 Å². The minimum Gasteiger partial charge on any atom is -0.378 e.